The summed E-state index contributed by atoms with van der Waals surface area (Å²) in [6.07, 6.45) is 0. The highest BCUT2D eigenvalue weighted by Crippen LogP contribution is 2.42. The van der Waals surface area contributed by atoms with Crippen LogP contribution in [-0.4, -0.2) is 21.2 Å². The second-order valence-electron chi connectivity index (χ2n) is 8.93. The number of phenolic OH excluding ortho intramolecular Hbond substituents is 1. The Hall–Kier alpha value is -2.82. The maximum Gasteiger partial charge on any atom is 0.335 e. The second-order valence-corrected chi connectivity index (χ2v) is 8.93. The molecule has 0 radical (unpaired) electrons. The SMILES string of the molecule is CC(C)(C)c1cc(-c2nc3ccc(C(=O)O)cc3o2)cc(C(C)(C)C)c1O. The van der Waals surface area contributed by atoms with E-state index < -0.39 is 5.97 Å². The van der Waals surface area contributed by atoms with Crippen molar-refractivity contribution in [1.29, 1.82) is 0 Å². The fourth-order valence-electron chi connectivity index (χ4n) is 3.08. The Labute approximate surface area is 158 Å². The molecule has 0 aliphatic heterocycles. The number of phenols is 1. The zero-order chi connectivity index (χ0) is 20.1. The van der Waals surface area contributed by atoms with E-state index >= 15 is 0 Å². The molecular weight excluding hydrogens is 342 g/mol. The highest BCUT2D eigenvalue weighted by atomic mass is 16.4. The third-order valence-corrected chi connectivity index (χ3v) is 4.61. The molecule has 0 bridgehead atoms. The quantitative estimate of drug-likeness (QED) is 0.625. The summed E-state index contributed by atoms with van der Waals surface area (Å²) < 4.78 is 5.86. The average Bonchev–Trinajstić information content (AvgIpc) is 2.95. The van der Waals surface area contributed by atoms with E-state index in [1.807, 2.05) is 53.7 Å². The maximum absolute atomic E-state index is 11.2. The second kappa shape index (κ2) is 6.12. The Balaban J connectivity index is 2.24. The van der Waals surface area contributed by atoms with Crippen LogP contribution < -0.4 is 0 Å². The number of carbonyl (C=O) groups is 1. The van der Waals surface area contributed by atoms with Crippen molar-refractivity contribution in [2.45, 2.75) is 52.4 Å². The van der Waals surface area contributed by atoms with Crippen LogP contribution in [0.2, 0.25) is 0 Å². The van der Waals surface area contributed by atoms with E-state index in [0.717, 1.165) is 16.7 Å². The standard InChI is InChI=1S/C22H25NO4/c1-21(2,3)14-9-13(10-15(18(14)24)22(4,5)6)19-23-16-8-7-12(20(25)26)11-17(16)27-19/h7-11,24H,1-6H3,(H,25,26). The molecule has 2 N–H and O–H groups in total. The van der Waals surface area contributed by atoms with Crippen LogP contribution in [0.25, 0.3) is 22.6 Å². The van der Waals surface area contributed by atoms with E-state index in [9.17, 15) is 9.90 Å². The van der Waals surface area contributed by atoms with E-state index in [1.165, 1.54) is 12.1 Å². The van der Waals surface area contributed by atoms with E-state index in [1.54, 1.807) is 6.07 Å². The monoisotopic (exact) mass is 367 g/mol. The van der Waals surface area contributed by atoms with Crippen molar-refractivity contribution in [3.8, 4) is 17.2 Å². The van der Waals surface area contributed by atoms with Crippen molar-refractivity contribution < 1.29 is 19.4 Å². The van der Waals surface area contributed by atoms with Gasteiger partial charge < -0.3 is 14.6 Å². The molecule has 0 unspecified atom stereocenters. The molecule has 0 aliphatic carbocycles. The van der Waals surface area contributed by atoms with Crippen LogP contribution in [0.1, 0.15) is 63.0 Å². The van der Waals surface area contributed by atoms with E-state index in [4.69, 9.17) is 9.52 Å². The van der Waals surface area contributed by atoms with Gasteiger partial charge in [0.1, 0.15) is 11.3 Å². The van der Waals surface area contributed by atoms with E-state index in [2.05, 4.69) is 4.98 Å². The molecule has 5 heteroatoms. The minimum absolute atomic E-state index is 0.154. The lowest BCUT2D eigenvalue weighted by Gasteiger charge is -2.27. The number of aromatic nitrogens is 1. The lowest BCUT2D eigenvalue weighted by molar-refractivity contribution is 0.0697. The van der Waals surface area contributed by atoms with Gasteiger partial charge in [0.15, 0.2) is 5.58 Å². The molecule has 1 heterocycles. The fourth-order valence-corrected chi connectivity index (χ4v) is 3.08. The predicted molar refractivity (Wildman–Crippen MR) is 105 cm³/mol. The molecule has 0 aliphatic rings. The Bertz CT molecular complexity index is 998. The van der Waals surface area contributed by atoms with Gasteiger partial charge in [-0.3, -0.25) is 0 Å². The van der Waals surface area contributed by atoms with Gasteiger partial charge in [0.2, 0.25) is 5.89 Å². The maximum atomic E-state index is 11.2. The smallest absolute Gasteiger partial charge is 0.335 e. The number of aromatic carboxylic acids is 1. The van der Waals surface area contributed by atoms with Crippen LogP contribution in [0.3, 0.4) is 0 Å². The Morgan fingerprint density at radius 2 is 1.52 bits per heavy atom. The van der Waals surface area contributed by atoms with Gasteiger partial charge in [-0.05, 0) is 41.2 Å². The van der Waals surface area contributed by atoms with Crippen LogP contribution in [0, 0.1) is 0 Å². The number of hydrogen-bond donors (Lipinski definition) is 2. The Kier molecular flexibility index (Phi) is 4.29. The van der Waals surface area contributed by atoms with Crippen LogP contribution >= 0.6 is 0 Å². The van der Waals surface area contributed by atoms with Gasteiger partial charge in [-0.2, -0.15) is 0 Å². The number of fused-ring (bicyclic) bond motifs is 1. The van der Waals surface area contributed by atoms with Gasteiger partial charge in [0.25, 0.3) is 0 Å². The first-order chi connectivity index (χ1) is 12.4. The van der Waals surface area contributed by atoms with Crippen molar-refractivity contribution >= 4 is 17.1 Å². The summed E-state index contributed by atoms with van der Waals surface area (Å²) in [6.45, 7) is 12.3. The minimum Gasteiger partial charge on any atom is -0.507 e. The van der Waals surface area contributed by atoms with Gasteiger partial charge in [-0.25, -0.2) is 9.78 Å². The molecule has 142 valence electrons. The highest BCUT2D eigenvalue weighted by molar-refractivity contribution is 5.92. The number of carboxylic acid groups (broad SMARTS) is 1. The molecule has 0 spiro atoms. The first-order valence-electron chi connectivity index (χ1n) is 8.90. The van der Waals surface area contributed by atoms with Gasteiger partial charge in [-0.15, -0.1) is 0 Å². The molecule has 0 atom stereocenters. The van der Waals surface area contributed by atoms with Crippen molar-refractivity contribution in [3.63, 3.8) is 0 Å². The molecule has 0 fully saturated rings. The van der Waals surface area contributed by atoms with Crippen LogP contribution in [0.15, 0.2) is 34.7 Å². The summed E-state index contributed by atoms with van der Waals surface area (Å²) in [7, 11) is 0. The summed E-state index contributed by atoms with van der Waals surface area (Å²) in [6, 6.07) is 8.42. The topological polar surface area (TPSA) is 83.6 Å². The van der Waals surface area contributed by atoms with Crippen molar-refractivity contribution in [1.82, 2.24) is 4.98 Å². The number of nitrogens with zero attached hydrogens (tertiary/aromatic N) is 1. The number of benzene rings is 2. The van der Waals surface area contributed by atoms with Crippen LogP contribution in [0.5, 0.6) is 5.75 Å². The summed E-state index contributed by atoms with van der Waals surface area (Å²) in [5.74, 6) is -0.309. The largest absolute Gasteiger partial charge is 0.507 e. The Morgan fingerprint density at radius 1 is 0.963 bits per heavy atom. The lowest BCUT2D eigenvalue weighted by Crippen LogP contribution is -2.17. The Morgan fingerprint density at radius 3 is 2.00 bits per heavy atom. The van der Waals surface area contributed by atoms with Crippen molar-refractivity contribution in [3.05, 3.63) is 47.0 Å². The highest BCUT2D eigenvalue weighted by Gasteiger charge is 2.27. The summed E-state index contributed by atoms with van der Waals surface area (Å²) in [5, 5.41) is 20.0. The molecular formula is C22H25NO4. The summed E-state index contributed by atoms with van der Waals surface area (Å²) >= 11 is 0. The lowest BCUT2D eigenvalue weighted by atomic mass is 9.78. The average molecular weight is 367 g/mol. The molecule has 1 aromatic heterocycles. The van der Waals surface area contributed by atoms with Crippen molar-refractivity contribution in [2.24, 2.45) is 0 Å². The molecule has 0 saturated heterocycles. The normalized spacial score (nSPS) is 12.5. The molecule has 0 saturated carbocycles. The zero-order valence-corrected chi connectivity index (χ0v) is 16.5. The molecule has 2 aromatic carbocycles. The zero-order valence-electron chi connectivity index (χ0n) is 16.5. The number of rotatable bonds is 2. The number of aromatic hydroxyl groups is 1. The third-order valence-electron chi connectivity index (χ3n) is 4.61. The van der Waals surface area contributed by atoms with Gasteiger partial charge in [0.05, 0.1) is 5.56 Å². The van der Waals surface area contributed by atoms with Crippen LogP contribution in [-0.2, 0) is 10.8 Å². The molecule has 27 heavy (non-hydrogen) atoms. The summed E-state index contributed by atoms with van der Waals surface area (Å²) in [4.78, 5) is 15.7. The fraction of sp³-hybridized carbons (Fsp3) is 0.364. The van der Waals surface area contributed by atoms with E-state index in [-0.39, 0.29) is 16.4 Å². The molecule has 0 amide bonds. The molecule has 3 rings (SSSR count). The predicted octanol–water partition coefficient (Wildman–Crippen LogP) is 5.49. The van der Waals surface area contributed by atoms with Crippen LogP contribution in [0.4, 0.5) is 0 Å². The third kappa shape index (κ3) is 3.54. The van der Waals surface area contributed by atoms with Gasteiger partial charge in [0, 0.05) is 16.7 Å². The number of hydrogen-bond acceptors (Lipinski definition) is 4. The molecule has 3 aromatic rings. The van der Waals surface area contributed by atoms with E-state index in [0.29, 0.717) is 22.7 Å². The first-order valence-corrected chi connectivity index (χ1v) is 8.90. The summed E-state index contributed by atoms with van der Waals surface area (Å²) in [5.41, 5.74) is 3.05. The van der Waals surface area contributed by atoms with Gasteiger partial charge >= 0.3 is 5.97 Å². The minimum atomic E-state index is -1.01. The number of carboxylic acids is 1. The molecule has 5 nitrogen and oxygen atoms in total. The van der Waals surface area contributed by atoms with Crippen molar-refractivity contribution in [2.75, 3.05) is 0 Å². The number of oxazole rings is 1. The van der Waals surface area contributed by atoms with Gasteiger partial charge in [-0.1, -0.05) is 41.5 Å². The first kappa shape index (κ1) is 19.0.